The Labute approximate surface area is 119 Å². The summed E-state index contributed by atoms with van der Waals surface area (Å²) in [6.07, 6.45) is 0. The van der Waals surface area contributed by atoms with Gasteiger partial charge in [-0.1, -0.05) is 42.5 Å². The normalized spacial score (nSPS) is 12.2. The molecule has 0 unspecified atom stereocenters. The Morgan fingerprint density at radius 2 is 1.70 bits per heavy atom. The Hall–Kier alpha value is -1.87. The second kappa shape index (κ2) is 6.53. The molecular weight excluding hydrogens is 253 g/mol. The van der Waals surface area contributed by atoms with Crippen molar-refractivity contribution in [2.24, 2.45) is 5.73 Å². The third-order valence-electron chi connectivity index (χ3n) is 3.30. The minimum atomic E-state index is -0.560. The Morgan fingerprint density at radius 3 is 2.25 bits per heavy atom. The fourth-order valence-corrected chi connectivity index (χ4v) is 2.24. The molecule has 0 aliphatic heterocycles. The van der Waals surface area contributed by atoms with E-state index in [-0.39, 0.29) is 0 Å². The van der Waals surface area contributed by atoms with E-state index >= 15 is 0 Å². The molecule has 0 saturated carbocycles. The van der Waals surface area contributed by atoms with Gasteiger partial charge in [0.05, 0.1) is 6.04 Å². The number of aryl methyl sites for hydroxylation is 2. The third kappa shape index (κ3) is 3.36. The van der Waals surface area contributed by atoms with Gasteiger partial charge in [-0.05, 0) is 36.1 Å². The highest BCUT2D eigenvalue weighted by Gasteiger charge is 2.11. The van der Waals surface area contributed by atoms with Crippen molar-refractivity contribution in [3.8, 4) is 5.75 Å². The van der Waals surface area contributed by atoms with Crippen LogP contribution < -0.4 is 10.5 Å². The van der Waals surface area contributed by atoms with E-state index in [4.69, 9.17) is 10.5 Å². The van der Waals surface area contributed by atoms with Gasteiger partial charge in [-0.25, -0.2) is 4.39 Å². The molecule has 0 amide bonds. The van der Waals surface area contributed by atoms with Crippen molar-refractivity contribution in [1.82, 2.24) is 0 Å². The SMILES string of the molecule is Cc1cc([C@@H](N)CF)cc(C)c1OCc1ccccc1. The smallest absolute Gasteiger partial charge is 0.125 e. The molecule has 0 fully saturated rings. The fraction of sp³-hybridized carbons (Fsp3) is 0.294. The summed E-state index contributed by atoms with van der Waals surface area (Å²) in [6.45, 7) is 3.89. The van der Waals surface area contributed by atoms with E-state index in [1.807, 2.05) is 56.3 Å². The number of halogens is 1. The van der Waals surface area contributed by atoms with Crippen LogP contribution in [0.25, 0.3) is 0 Å². The van der Waals surface area contributed by atoms with Crippen molar-refractivity contribution in [3.63, 3.8) is 0 Å². The zero-order valence-electron chi connectivity index (χ0n) is 11.9. The lowest BCUT2D eigenvalue weighted by Gasteiger charge is -2.16. The number of rotatable bonds is 5. The van der Waals surface area contributed by atoms with Crippen LogP contribution in [0.1, 0.15) is 28.3 Å². The van der Waals surface area contributed by atoms with Gasteiger partial charge in [0.1, 0.15) is 19.0 Å². The number of alkyl halides is 1. The van der Waals surface area contributed by atoms with Crippen LogP contribution in [0, 0.1) is 13.8 Å². The summed E-state index contributed by atoms with van der Waals surface area (Å²) in [5, 5.41) is 0. The highest BCUT2D eigenvalue weighted by Crippen LogP contribution is 2.27. The molecule has 0 aliphatic rings. The van der Waals surface area contributed by atoms with Crippen LogP contribution in [0.2, 0.25) is 0 Å². The number of hydrogen-bond donors (Lipinski definition) is 1. The van der Waals surface area contributed by atoms with Crippen molar-refractivity contribution in [2.45, 2.75) is 26.5 Å². The zero-order chi connectivity index (χ0) is 14.5. The van der Waals surface area contributed by atoms with Gasteiger partial charge in [-0.15, -0.1) is 0 Å². The fourth-order valence-electron chi connectivity index (χ4n) is 2.24. The Kier molecular flexibility index (Phi) is 4.74. The second-order valence-electron chi connectivity index (χ2n) is 5.02. The second-order valence-corrected chi connectivity index (χ2v) is 5.02. The molecule has 2 aromatic rings. The Bertz CT molecular complexity index is 545. The molecule has 2 N–H and O–H groups in total. The van der Waals surface area contributed by atoms with Crippen LogP contribution in [0.5, 0.6) is 5.75 Å². The maximum atomic E-state index is 12.6. The van der Waals surface area contributed by atoms with Crippen LogP contribution in [0.15, 0.2) is 42.5 Å². The molecule has 2 aromatic carbocycles. The van der Waals surface area contributed by atoms with Gasteiger partial charge < -0.3 is 10.5 Å². The molecule has 0 radical (unpaired) electrons. The first-order valence-corrected chi connectivity index (χ1v) is 6.71. The summed E-state index contributed by atoms with van der Waals surface area (Å²) >= 11 is 0. The molecule has 0 saturated heterocycles. The predicted octanol–water partition coefficient (Wildman–Crippen LogP) is 3.85. The van der Waals surface area contributed by atoms with E-state index in [0.717, 1.165) is 28.0 Å². The van der Waals surface area contributed by atoms with Crippen molar-refractivity contribution in [3.05, 3.63) is 64.7 Å². The van der Waals surface area contributed by atoms with E-state index in [9.17, 15) is 4.39 Å². The van der Waals surface area contributed by atoms with Gasteiger partial charge in [-0.2, -0.15) is 0 Å². The molecule has 0 spiro atoms. The standard InChI is InChI=1S/C17H20FNO/c1-12-8-15(16(19)10-18)9-13(2)17(12)20-11-14-6-4-3-5-7-14/h3-9,16H,10-11,19H2,1-2H3/t16-/m0/s1. The van der Waals surface area contributed by atoms with Crippen LogP contribution in [0.3, 0.4) is 0 Å². The van der Waals surface area contributed by atoms with Crippen LogP contribution in [-0.2, 0) is 6.61 Å². The topological polar surface area (TPSA) is 35.2 Å². The van der Waals surface area contributed by atoms with Crippen molar-refractivity contribution < 1.29 is 9.13 Å². The number of ether oxygens (including phenoxy) is 1. The quantitative estimate of drug-likeness (QED) is 0.898. The highest BCUT2D eigenvalue weighted by molar-refractivity contribution is 5.44. The van der Waals surface area contributed by atoms with E-state index < -0.39 is 12.7 Å². The molecule has 2 rings (SSSR count). The summed E-state index contributed by atoms with van der Waals surface area (Å²) in [6, 6.07) is 13.2. The first-order chi connectivity index (χ1) is 9.61. The molecule has 0 aliphatic carbocycles. The van der Waals surface area contributed by atoms with Crippen molar-refractivity contribution in [2.75, 3.05) is 6.67 Å². The minimum Gasteiger partial charge on any atom is -0.488 e. The van der Waals surface area contributed by atoms with E-state index in [1.54, 1.807) is 0 Å². The highest BCUT2D eigenvalue weighted by atomic mass is 19.1. The zero-order valence-corrected chi connectivity index (χ0v) is 11.9. The van der Waals surface area contributed by atoms with Crippen molar-refractivity contribution in [1.29, 1.82) is 0 Å². The number of hydrogen-bond acceptors (Lipinski definition) is 2. The molecule has 0 aromatic heterocycles. The van der Waals surface area contributed by atoms with Crippen LogP contribution in [-0.4, -0.2) is 6.67 Å². The Balaban J connectivity index is 2.16. The Morgan fingerprint density at radius 1 is 1.10 bits per heavy atom. The molecule has 0 heterocycles. The van der Waals surface area contributed by atoms with E-state index in [1.165, 1.54) is 0 Å². The molecule has 106 valence electrons. The van der Waals surface area contributed by atoms with Gasteiger partial charge in [0.2, 0.25) is 0 Å². The summed E-state index contributed by atoms with van der Waals surface area (Å²) in [5.74, 6) is 0.851. The van der Waals surface area contributed by atoms with Gasteiger partial charge in [0.25, 0.3) is 0 Å². The third-order valence-corrected chi connectivity index (χ3v) is 3.30. The predicted molar refractivity (Wildman–Crippen MR) is 79.6 cm³/mol. The molecule has 3 heteroatoms. The van der Waals surface area contributed by atoms with E-state index in [0.29, 0.717) is 6.61 Å². The largest absolute Gasteiger partial charge is 0.488 e. The number of benzene rings is 2. The monoisotopic (exact) mass is 273 g/mol. The molecular formula is C17H20FNO. The average Bonchev–Trinajstić information content (AvgIpc) is 2.46. The summed E-state index contributed by atoms with van der Waals surface area (Å²) in [5.41, 5.74) is 9.64. The molecule has 2 nitrogen and oxygen atoms in total. The summed E-state index contributed by atoms with van der Waals surface area (Å²) in [7, 11) is 0. The van der Waals surface area contributed by atoms with Gasteiger partial charge in [0, 0.05) is 0 Å². The van der Waals surface area contributed by atoms with Gasteiger partial charge in [-0.3, -0.25) is 0 Å². The molecule has 0 bridgehead atoms. The average molecular weight is 273 g/mol. The van der Waals surface area contributed by atoms with Crippen molar-refractivity contribution >= 4 is 0 Å². The minimum absolute atomic E-state index is 0.525. The molecule has 1 atom stereocenters. The lowest BCUT2D eigenvalue weighted by molar-refractivity contribution is 0.301. The number of nitrogens with two attached hydrogens (primary N) is 1. The van der Waals surface area contributed by atoms with Gasteiger partial charge in [0.15, 0.2) is 0 Å². The lowest BCUT2D eigenvalue weighted by Crippen LogP contribution is -2.13. The first kappa shape index (κ1) is 14.5. The maximum absolute atomic E-state index is 12.6. The summed E-state index contributed by atoms with van der Waals surface area (Å²) in [4.78, 5) is 0. The lowest BCUT2D eigenvalue weighted by atomic mass is 10.0. The van der Waals surface area contributed by atoms with Gasteiger partial charge >= 0.3 is 0 Å². The maximum Gasteiger partial charge on any atom is 0.125 e. The first-order valence-electron chi connectivity index (χ1n) is 6.71. The van der Waals surface area contributed by atoms with Crippen LogP contribution in [0.4, 0.5) is 4.39 Å². The van der Waals surface area contributed by atoms with E-state index in [2.05, 4.69) is 0 Å². The van der Waals surface area contributed by atoms with Crippen LogP contribution >= 0.6 is 0 Å². The summed E-state index contributed by atoms with van der Waals surface area (Å²) < 4.78 is 18.5. The molecule has 20 heavy (non-hydrogen) atoms.